The Kier molecular flexibility index (Phi) is 9.55. The van der Waals surface area contributed by atoms with Crippen LogP contribution in [-0.4, -0.2) is 81.8 Å². The van der Waals surface area contributed by atoms with Crippen molar-refractivity contribution < 1.29 is 29.1 Å². The fraction of sp³-hybridized carbons (Fsp3) is 0.667. The molecule has 0 aromatic heterocycles. The Labute approximate surface area is 172 Å². The molecule has 0 spiro atoms. The van der Waals surface area contributed by atoms with Gasteiger partial charge in [-0.15, -0.1) is 0 Å². The summed E-state index contributed by atoms with van der Waals surface area (Å²) in [6.45, 7) is 0.357. The van der Waals surface area contributed by atoms with Crippen molar-refractivity contribution in [1.29, 1.82) is 0 Å². The van der Waals surface area contributed by atoms with Crippen molar-refractivity contribution in [1.82, 2.24) is 15.5 Å². The lowest BCUT2D eigenvalue weighted by molar-refractivity contribution is -0.144. The number of carboxylic acids is 1. The predicted molar refractivity (Wildman–Crippen MR) is 106 cm³/mol. The summed E-state index contributed by atoms with van der Waals surface area (Å²) in [6, 6.07) is -4.33. The first kappa shape index (κ1) is 24.0. The summed E-state index contributed by atoms with van der Waals surface area (Å²) in [7, 11) is 0. The van der Waals surface area contributed by atoms with Gasteiger partial charge in [0, 0.05) is 18.1 Å². The number of thiol groups is 2. The van der Waals surface area contributed by atoms with Crippen LogP contribution in [0.2, 0.25) is 0 Å². The SMILES string of the molecule is NC(=O)CC(NC(=O)C(CS)NC(=O)C1CCCN1C(=O)C(N)CS)C(=O)O. The lowest BCUT2D eigenvalue weighted by atomic mass is 10.1. The molecule has 158 valence electrons. The van der Waals surface area contributed by atoms with Crippen molar-refractivity contribution in [2.75, 3.05) is 18.1 Å². The summed E-state index contributed by atoms with van der Waals surface area (Å²) in [5.41, 5.74) is 10.7. The molecule has 0 aromatic rings. The molecule has 13 heteroatoms. The van der Waals surface area contributed by atoms with Gasteiger partial charge in [0.2, 0.25) is 23.6 Å². The van der Waals surface area contributed by atoms with Gasteiger partial charge in [0.25, 0.3) is 0 Å². The van der Waals surface area contributed by atoms with E-state index in [-0.39, 0.29) is 11.5 Å². The van der Waals surface area contributed by atoms with Gasteiger partial charge < -0.3 is 32.1 Å². The van der Waals surface area contributed by atoms with Gasteiger partial charge in [-0.1, -0.05) is 0 Å². The Morgan fingerprint density at radius 3 is 2.25 bits per heavy atom. The minimum Gasteiger partial charge on any atom is -0.480 e. The Morgan fingerprint density at radius 1 is 1.11 bits per heavy atom. The highest BCUT2D eigenvalue weighted by Crippen LogP contribution is 2.18. The molecular weight excluding hydrogens is 410 g/mol. The highest BCUT2D eigenvalue weighted by Gasteiger charge is 2.37. The molecule has 0 aliphatic carbocycles. The molecule has 7 N–H and O–H groups in total. The molecule has 0 radical (unpaired) electrons. The maximum absolute atomic E-state index is 12.6. The number of primary amides is 1. The number of likely N-dealkylation sites (tertiary alicyclic amines) is 1. The second-order valence-electron chi connectivity index (χ2n) is 6.29. The van der Waals surface area contributed by atoms with Gasteiger partial charge in [-0.2, -0.15) is 25.3 Å². The molecule has 1 heterocycles. The molecule has 0 aromatic carbocycles. The Bertz CT molecular complexity index is 634. The number of hydrogen-bond acceptors (Lipinski definition) is 8. The maximum Gasteiger partial charge on any atom is 0.326 e. The molecule has 4 amide bonds. The van der Waals surface area contributed by atoms with Crippen LogP contribution < -0.4 is 22.1 Å². The zero-order valence-corrected chi connectivity index (χ0v) is 16.8. The number of nitrogens with one attached hydrogen (secondary N) is 2. The highest BCUT2D eigenvalue weighted by molar-refractivity contribution is 7.80. The van der Waals surface area contributed by atoms with Crippen LogP contribution in [0.4, 0.5) is 0 Å². The van der Waals surface area contributed by atoms with Crippen molar-refractivity contribution in [3.8, 4) is 0 Å². The van der Waals surface area contributed by atoms with Gasteiger partial charge >= 0.3 is 5.97 Å². The van der Waals surface area contributed by atoms with Gasteiger partial charge in [-0.25, -0.2) is 4.79 Å². The smallest absolute Gasteiger partial charge is 0.326 e. The molecule has 0 saturated carbocycles. The molecule has 11 nitrogen and oxygen atoms in total. The predicted octanol–water partition coefficient (Wildman–Crippen LogP) is -2.91. The normalized spacial score (nSPS) is 19.4. The molecule has 1 aliphatic rings. The van der Waals surface area contributed by atoms with E-state index in [1.54, 1.807) is 0 Å². The fourth-order valence-electron chi connectivity index (χ4n) is 2.73. The Hall–Kier alpha value is -1.99. The van der Waals surface area contributed by atoms with E-state index in [1.165, 1.54) is 4.90 Å². The fourth-order valence-corrected chi connectivity index (χ4v) is 3.14. The topological polar surface area (TPSA) is 185 Å². The van der Waals surface area contributed by atoms with Gasteiger partial charge in [0.05, 0.1) is 12.5 Å². The molecule has 0 bridgehead atoms. The third kappa shape index (κ3) is 6.56. The number of hydrogen-bond donors (Lipinski definition) is 7. The first-order chi connectivity index (χ1) is 13.1. The molecule has 1 fully saturated rings. The van der Waals surface area contributed by atoms with Crippen molar-refractivity contribution in [3.63, 3.8) is 0 Å². The first-order valence-corrected chi connectivity index (χ1v) is 9.78. The van der Waals surface area contributed by atoms with Crippen LogP contribution in [0.5, 0.6) is 0 Å². The largest absolute Gasteiger partial charge is 0.480 e. The van der Waals surface area contributed by atoms with Gasteiger partial charge in [0.1, 0.15) is 18.1 Å². The van der Waals surface area contributed by atoms with Crippen LogP contribution in [0.25, 0.3) is 0 Å². The maximum atomic E-state index is 12.6. The van der Waals surface area contributed by atoms with Crippen molar-refractivity contribution >= 4 is 54.9 Å². The number of nitrogens with zero attached hydrogens (tertiary/aromatic N) is 1. The monoisotopic (exact) mass is 435 g/mol. The Morgan fingerprint density at radius 2 is 1.75 bits per heavy atom. The van der Waals surface area contributed by atoms with E-state index in [0.29, 0.717) is 19.4 Å². The molecule has 1 saturated heterocycles. The highest BCUT2D eigenvalue weighted by atomic mass is 32.1. The average molecular weight is 436 g/mol. The zero-order chi connectivity index (χ0) is 21.4. The van der Waals surface area contributed by atoms with Crippen molar-refractivity contribution in [2.24, 2.45) is 11.5 Å². The molecule has 28 heavy (non-hydrogen) atoms. The summed E-state index contributed by atoms with van der Waals surface area (Å²) in [6.07, 6.45) is 0.401. The summed E-state index contributed by atoms with van der Waals surface area (Å²) in [5, 5.41) is 13.7. The summed E-state index contributed by atoms with van der Waals surface area (Å²) in [4.78, 5) is 60.5. The standard InChI is InChI=1S/C15H25N5O6S2/c16-7(5-27)14(24)20-3-1-2-10(20)13(23)19-9(6-28)12(22)18-8(15(25)26)4-11(17)21/h7-10,27-28H,1-6,16H2,(H2,17,21)(H,18,22)(H,19,23)(H,25,26). The number of nitrogens with two attached hydrogens (primary N) is 2. The van der Waals surface area contributed by atoms with E-state index in [0.717, 1.165) is 0 Å². The zero-order valence-electron chi connectivity index (χ0n) is 15.0. The van der Waals surface area contributed by atoms with Crippen molar-refractivity contribution in [2.45, 2.75) is 43.4 Å². The van der Waals surface area contributed by atoms with Crippen LogP contribution >= 0.6 is 25.3 Å². The molecule has 1 aliphatic heterocycles. The number of carboxylic acid groups (broad SMARTS) is 1. The summed E-state index contributed by atoms with van der Waals surface area (Å²) in [5.74, 6) is -4.16. The molecule has 4 unspecified atom stereocenters. The van der Waals surface area contributed by atoms with E-state index in [2.05, 4.69) is 35.9 Å². The number of aliphatic carboxylic acids is 1. The number of rotatable bonds is 10. The lowest BCUT2D eigenvalue weighted by Crippen LogP contribution is -2.57. The molecule has 1 rings (SSSR count). The number of carbonyl (C=O) groups excluding carboxylic acids is 4. The second kappa shape index (κ2) is 11.1. The third-order valence-corrected chi connectivity index (χ3v) is 4.95. The van der Waals surface area contributed by atoms with E-state index in [4.69, 9.17) is 16.6 Å². The summed E-state index contributed by atoms with van der Waals surface area (Å²) < 4.78 is 0. The van der Waals surface area contributed by atoms with Crippen LogP contribution in [0.15, 0.2) is 0 Å². The van der Waals surface area contributed by atoms with Gasteiger partial charge in [-0.3, -0.25) is 19.2 Å². The van der Waals surface area contributed by atoms with E-state index in [9.17, 15) is 24.0 Å². The Balaban J connectivity index is 2.78. The van der Waals surface area contributed by atoms with E-state index in [1.807, 2.05) is 0 Å². The quantitative estimate of drug-likeness (QED) is 0.179. The van der Waals surface area contributed by atoms with E-state index >= 15 is 0 Å². The van der Waals surface area contributed by atoms with Crippen LogP contribution in [-0.2, 0) is 24.0 Å². The molecule has 4 atom stereocenters. The average Bonchev–Trinajstić information content (AvgIpc) is 3.13. The minimum absolute atomic E-state index is 0.127. The van der Waals surface area contributed by atoms with Gasteiger partial charge in [0.15, 0.2) is 0 Å². The van der Waals surface area contributed by atoms with Crippen molar-refractivity contribution in [3.05, 3.63) is 0 Å². The van der Waals surface area contributed by atoms with Crippen LogP contribution in [0.3, 0.4) is 0 Å². The second-order valence-corrected chi connectivity index (χ2v) is 7.02. The minimum atomic E-state index is -1.53. The lowest BCUT2D eigenvalue weighted by Gasteiger charge is -2.28. The van der Waals surface area contributed by atoms with Gasteiger partial charge in [-0.05, 0) is 12.8 Å². The third-order valence-electron chi connectivity index (χ3n) is 4.19. The number of carbonyl (C=O) groups is 5. The first-order valence-electron chi connectivity index (χ1n) is 8.52. The summed E-state index contributed by atoms with van der Waals surface area (Å²) >= 11 is 7.98. The van der Waals surface area contributed by atoms with Crippen LogP contribution in [0, 0.1) is 0 Å². The number of amides is 4. The molecular formula is C15H25N5O6S2. The van der Waals surface area contributed by atoms with Crippen LogP contribution in [0.1, 0.15) is 19.3 Å². The van der Waals surface area contributed by atoms with E-state index < -0.39 is 60.2 Å².